The van der Waals surface area contributed by atoms with Crippen LogP contribution in [0.15, 0.2) is 34.8 Å². The van der Waals surface area contributed by atoms with Crippen LogP contribution >= 0.6 is 11.3 Å². The molecule has 112 valence electrons. The third kappa shape index (κ3) is 4.75. The van der Waals surface area contributed by atoms with Gasteiger partial charge in [-0.1, -0.05) is 12.1 Å². The van der Waals surface area contributed by atoms with E-state index in [1.807, 2.05) is 24.6 Å². The van der Waals surface area contributed by atoms with Crippen molar-refractivity contribution in [1.29, 1.82) is 0 Å². The van der Waals surface area contributed by atoms with E-state index in [4.69, 9.17) is 10.5 Å². The number of methoxy groups -OCH3 is 1. The molecule has 1 aromatic carbocycles. The van der Waals surface area contributed by atoms with Gasteiger partial charge >= 0.3 is 0 Å². The van der Waals surface area contributed by atoms with Gasteiger partial charge in [0.05, 0.1) is 24.9 Å². The second-order valence-electron chi connectivity index (χ2n) is 4.59. The molecule has 1 heterocycles. The topological polar surface area (TPSA) is 72.5 Å². The van der Waals surface area contributed by atoms with Crippen molar-refractivity contribution in [3.8, 4) is 5.75 Å². The Morgan fingerprint density at radius 1 is 1.38 bits per heavy atom. The standard InChI is InChI=1S/C15H20N4OS/c1-11-14(21-10-19-11)9-18-15(16)17-8-7-12-3-5-13(20-2)6-4-12/h3-6,10H,7-9H2,1-2H3,(H3,16,17,18). The van der Waals surface area contributed by atoms with Crippen LogP contribution in [0.25, 0.3) is 0 Å². The molecule has 1 aromatic heterocycles. The Bertz CT molecular complexity index is 592. The quantitative estimate of drug-likeness (QED) is 0.633. The molecule has 0 aliphatic rings. The van der Waals surface area contributed by atoms with Crippen LogP contribution in [-0.4, -0.2) is 24.6 Å². The summed E-state index contributed by atoms with van der Waals surface area (Å²) in [5.74, 6) is 1.34. The molecule has 6 heteroatoms. The Morgan fingerprint density at radius 3 is 2.76 bits per heavy atom. The van der Waals surface area contributed by atoms with Crippen molar-refractivity contribution in [2.24, 2.45) is 10.7 Å². The first-order valence-corrected chi connectivity index (χ1v) is 7.62. The molecule has 3 N–H and O–H groups in total. The lowest BCUT2D eigenvalue weighted by Gasteiger charge is -2.06. The zero-order valence-electron chi connectivity index (χ0n) is 12.3. The maximum Gasteiger partial charge on any atom is 0.188 e. The molecule has 0 fully saturated rings. The number of aliphatic imine (C=N–C) groups is 1. The van der Waals surface area contributed by atoms with E-state index in [-0.39, 0.29) is 0 Å². The molecule has 0 radical (unpaired) electrons. The third-order valence-corrected chi connectivity index (χ3v) is 4.04. The Labute approximate surface area is 128 Å². The Morgan fingerprint density at radius 2 is 2.14 bits per heavy atom. The summed E-state index contributed by atoms with van der Waals surface area (Å²) in [6.07, 6.45) is 0.889. The van der Waals surface area contributed by atoms with Crippen molar-refractivity contribution in [2.45, 2.75) is 19.9 Å². The molecule has 0 saturated heterocycles. The largest absolute Gasteiger partial charge is 0.497 e. The van der Waals surface area contributed by atoms with Crippen molar-refractivity contribution in [1.82, 2.24) is 10.3 Å². The highest BCUT2D eigenvalue weighted by atomic mass is 32.1. The second kappa shape index (κ2) is 7.64. The number of thiazole rings is 1. The van der Waals surface area contributed by atoms with Gasteiger partial charge in [0.15, 0.2) is 5.96 Å². The number of aromatic nitrogens is 1. The molecular formula is C15H20N4OS. The first-order chi connectivity index (χ1) is 10.2. The molecule has 2 aromatic rings. The van der Waals surface area contributed by atoms with Crippen molar-refractivity contribution in [3.05, 3.63) is 45.9 Å². The summed E-state index contributed by atoms with van der Waals surface area (Å²) >= 11 is 1.60. The van der Waals surface area contributed by atoms with E-state index < -0.39 is 0 Å². The lowest BCUT2D eigenvalue weighted by molar-refractivity contribution is 0.414. The molecule has 0 atom stereocenters. The first kappa shape index (κ1) is 15.3. The highest BCUT2D eigenvalue weighted by molar-refractivity contribution is 7.09. The number of benzene rings is 1. The van der Waals surface area contributed by atoms with E-state index in [1.165, 1.54) is 5.56 Å². The minimum Gasteiger partial charge on any atom is -0.497 e. The van der Waals surface area contributed by atoms with Crippen molar-refractivity contribution < 1.29 is 4.74 Å². The lowest BCUT2D eigenvalue weighted by atomic mass is 10.1. The summed E-state index contributed by atoms with van der Waals surface area (Å²) in [5, 5.41) is 3.12. The van der Waals surface area contributed by atoms with E-state index in [0.717, 1.165) is 29.3 Å². The van der Waals surface area contributed by atoms with E-state index in [2.05, 4.69) is 27.4 Å². The SMILES string of the molecule is COc1ccc(CCNC(N)=NCc2scnc2C)cc1. The molecule has 0 unspecified atom stereocenters. The van der Waals surface area contributed by atoms with Gasteiger partial charge in [-0.2, -0.15) is 0 Å². The second-order valence-corrected chi connectivity index (χ2v) is 5.53. The molecule has 0 saturated carbocycles. The normalized spacial score (nSPS) is 11.4. The van der Waals surface area contributed by atoms with Gasteiger partial charge in [-0.15, -0.1) is 11.3 Å². The smallest absolute Gasteiger partial charge is 0.188 e. The van der Waals surface area contributed by atoms with Gasteiger partial charge in [0.2, 0.25) is 0 Å². The van der Waals surface area contributed by atoms with Crippen LogP contribution in [0.5, 0.6) is 5.75 Å². The zero-order chi connectivity index (χ0) is 15.1. The maximum absolute atomic E-state index is 5.85. The van der Waals surface area contributed by atoms with E-state index >= 15 is 0 Å². The molecule has 0 bridgehead atoms. The highest BCUT2D eigenvalue weighted by Gasteiger charge is 2.00. The van der Waals surface area contributed by atoms with Gasteiger partial charge in [0, 0.05) is 11.4 Å². The van der Waals surface area contributed by atoms with Crippen LogP contribution < -0.4 is 15.8 Å². The molecule has 0 aliphatic heterocycles. The minimum atomic E-state index is 0.469. The molecule has 0 spiro atoms. The van der Waals surface area contributed by atoms with Crippen LogP contribution in [-0.2, 0) is 13.0 Å². The van der Waals surface area contributed by atoms with Gasteiger partial charge in [-0.25, -0.2) is 9.98 Å². The summed E-state index contributed by atoms with van der Waals surface area (Å²) in [7, 11) is 1.67. The molecule has 21 heavy (non-hydrogen) atoms. The van der Waals surface area contributed by atoms with Crippen molar-refractivity contribution in [2.75, 3.05) is 13.7 Å². The average Bonchev–Trinajstić information content (AvgIpc) is 2.91. The summed E-state index contributed by atoms with van der Waals surface area (Å²) < 4.78 is 5.13. The maximum atomic E-state index is 5.85. The average molecular weight is 304 g/mol. The zero-order valence-corrected chi connectivity index (χ0v) is 13.1. The molecule has 0 amide bonds. The summed E-state index contributed by atoms with van der Waals surface area (Å²) in [6, 6.07) is 8.02. The highest BCUT2D eigenvalue weighted by Crippen LogP contribution is 2.13. The van der Waals surface area contributed by atoms with Gasteiger partial charge in [-0.3, -0.25) is 0 Å². The summed E-state index contributed by atoms with van der Waals surface area (Å²) in [5.41, 5.74) is 9.93. The van der Waals surface area contributed by atoms with E-state index in [9.17, 15) is 0 Å². The van der Waals surface area contributed by atoms with Crippen LogP contribution in [0.1, 0.15) is 16.1 Å². The minimum absolute atomic E-state index is 0.469. The van der Waals surface area contributed by atoms with Gasteiger partial charge < -0.3 is 15.8 Å². The molecule has 5 nitrogen and oxygen atoms in total. The van der Waals surface area contributed by atoms with Gasteiger partial charge in [0.25, 0.3) is 0 Å². The first-order valence-electron chi connectivity index (χ1n) is 6.74. The number of hydrogen-bond donors (Lipinski definition) is 2. The van der Waals surface area contributed by atoms with E-state index in [0.29, 0.717) is 12.5 Å². The predicted molar refractivity (Wildman–Crippen MR) is 86.9 cm³/mol. The van der Waals surface area contributed by atoms with Crippen LogP contribution in [0.4, 0.5) is 0 Å². The Kier molecular flexibility index (Phi) is 5.57. The Hall–Kier alpha value is -2.08. The molecule has 2 rings (SSSR count). The van der Waals surface area contributed by atoms with Crippen LogP contribution in [0.3, 0.4) is 0 Å². The van der Waals surface area contributed by atoms with E-state index in [1.54, 1.807) is 18.4 Å². The third-order valence-electron chi connectivity index (χ3n) is 3.12. The Balaban J connectivity index is 1.75. The van der Waals surface area contributed by atoms with Gasteiger partial charge in [-0.05, 0) is 31.0 Å². The summed E-state index contributed by atoms with van der Waals surface area (Å²) in [4.78, 5) is 9.66. The lowest BCUT2D eigenvalue weighted by Crippen LogP contribution is -2.33. The number of nitrogens with two attached hydrogens (primary N) is 1. The fraction of sp³-hybridized carbons (Fsp3) is 0.333. The fourth-order valence-electron chi connectivity index (χ4n) is 1.82. The molecular weight excluding hydrogens is 284 g/mol. The number of ether oxygens (including phenoxy) is 1. The predicted octanol–water partition coefficient (Wildman–Crippen LogP) is 2.11. The number of aryl methyl sites for hydroxylation is 1. The number of rotatable bonds is 6. The fourth-order valence-corrected chi connectivity index (χ4v) is 2.52. The van der Waals surface area contributed by atoms with Crippen molar-refractivity contribution in [3.63, 3.8) is 0 Å². The van der Waals surface area contributed by atoms with Crippen LogP contribution in [0, 0.1) is 6.92 Å². The molecule has 0 aliphatic carbocycles. The number of nitrogens with zero attached hydrogens (tertiary/aromatic N) is 2. The number of guanidine groups is 1. The van der Waals surface area contributed by atoms with Crippen molar-refractivity contribution >= 4 is 17.3 Å². The van der Waals surface area contributed by atoms with Gasteiger partial charge in [0.1, 0.15) is 5.75 Å². The summed E-state index contributed by atoms with van der Waals surface area (Å²) in [6.45, 7) is 3.32. The van der Waals surface area contributed by atoms with Crippen LogP contribution in [0.2, 0.25) is 0 Å². The number of hydrogen-bond acceptors (Lipinski definition) is 4. The number of nitrogens with one attached hydrogen (secondary N) is 1. The monoisotopic (exact) mass is 304 g/mol.